The second-order valence-electron chi connectivity index (χ2n) is 10.1. The molecule has 206 valence electrons. The minimum atomic E-state index is -1.05. The second kappa shape index (κ2) is 11.3. The summed E-state index contributed by atoms with van der Waals surface area (Å²) in [5.74, 6) is -1.58. The number of carbonyl (C=O) groups is 3. The van der Waals surface area contributed by atoms with E-state index in [1.54, 1.807) is 37.3 Å². The van der Waals surface area contributed by atoms with Crippen molar-refractivity contribution >= 4 is 40.4 Å². The van der Waals surface area contributed by atoms with Crippen molar-refractivity contribution in [3.05, 3.63) is 94.5 Å². The van der Waals surface area contributed by atoms with E-state index in [9.17, 15) is 19.5 Å². The molecule has 2 amide bonds. The van der Waals surface area contributed by atoms with Gasteiger partial charge in [0, 0.05) is 16.8 Å². The summed E-state index contributed by atoms with van der Waals surface area (Å²) in [6.07, 6.45) is 1.70. The smallest absolute Gasteiger partial charge is 0.336 e. The average molecular weight is 541 g/mol. The minimum Gasteiger partial charge on any atom is -0.478 e. The topological polar surface area (TPSA) is 111 Å². The van der Waals surface area contributed by atoms with E-state index in [0.29, 0.717) is 39.3 Å². The summed E-state index contributed by atoms with van der Waals surface area (Å²) in [5.41, 5.74) is 4.73. The lowest BCUT2D eigenvalue weighted by atomic mass is 9.96. The number of hydrogen-bond donors (Lipinski definition) is 3. The van der Waals surface area contributed by atoms with Crippen molar-refractivity contribution in [2.24, 2.45) is 0 Å². The third-order valence-corrected chi connectivity index (χ3v) is 7.47. The predicted octanol–water partition coefficient (Wildman–Crippen LogP) is 4.72. The highest BCUT2D eigenvalue weighted by Crippen LogP contribution is 2.39. The van der Waals surface area contributed by atoms with Gasteiger partial charge in [0.1, 0.15) is 0 Å². The van der Waals surface area contributed by atoms with Crippen LogP contribution in [0.3, 0.4) is 0 Å². The number of nitrogens with zero attached hydrogens (tertiary/aromatic N) is 2. The first-order valence-corrected chi connectivity index (χ1v) is 13.2. The Kier molecular flexibility index (Phi) is 7.68. The number of benzene rings is 3. The van der Waals surface area contributed by atoms with E-state index in [4.69, 9.17) is 4.84 Å². The largest absolute Gasteiger partial charge is 0.478 e. The number of hydrogen-bond acceptors (Lipinski definition) is 6. The van der Waals surface area contributed by atoms with Gasteiger partial charge < -0.3 is 20.6 Å². The Bertz CT molecular complexity index is 1480. The zero-order valence-electron chi connectivity index (χ0n) is 22.7. The van der Waals surface area contributed by atoms with Crippen molar-refractivity contribution in [2.75, 3.05) is 37.9 Å². The summed E-state index contributed by atoms with van der Waals surface area (Å²) < 4.78 is 0. The van der Waals surface area contributed by atoms with E-state index in [1.807, 2.05) is 30.3 Å². The Hall–Kier alpha value is -4.47. The predicted molar refractivity (Wildman–Crippen MR) is 154 cm³/mol. The van der Waals surface area contributed by atoms with Crippen LogP contribution < -0.4 is 10.6 Å². The van der Waals surface area contributed by atoms with Crippen LogP contribution >= 0.6 is 0 Å². The molecule has 1 fully saturated rings. The first-order chi connectivity index (χ1) is 19.3. The van der Waals surface area contributed by atoms with Crippen LogP contribution in [-0.4, -0.2) is 66.1 Å². The van der Waals surface area contributed by atoms with Gasteiger partial charge in [-0.3, -0.25) is 14.4 Å². The van der Waals surface area contributed by atoms with Gasteiger partial charge in [0.25, 0.3) is 11.8 Å². The Balaban J connectivity index is 1.47. The normalized spacial score (nSPS) is 16.7. The van der Waals surface area contributed by atoms with Gasteiger partial charge in [0.15, 0.2) is 0 Å². The number of likely N-dealkylation sites (tertiary alicyclic amines) is 1. The maximum absolute atomic E-state index is 13.3. The summed E-state index contributed by atoms with van der Waals surface area (Å²) in [7, 11) is 3.60. The first kappa shape index (κ1) is 27.1. The monoisotopic (exact) mass is 540 g/mol. The van der Waals surface area contributed by atoms with Gasteiger partial charge in [-0.25, -0.2) is 9.86 Å². The Morgan fingerprint density at radius 2 is 1.70 bits per heavy atom. The van der Waals surface area contributed by atoms with Gasteiger partial charge in [-0.15, -0.1) is 0 Å². The molecule has 3 aromatic carbocycles. The van der Waals surface area contributed by atoms with E-state index in [0.717, 1.165) is 31.5 Å². The molecule has 3 aromatic rings. The van der Waals surface area contributed by atoms with Crippen LogP contribution in [0.1, 0.15) is 50.2 Å². The number of amides is 2. The van der Waals surface area contributed by atoms with Crippen molar-refractivity contribution in [2.45, 2.75) is 25.8 Å². The summed E-state index contributed by atoms with van der Waals surface area (Å²) >= 11 is 0. The van der Waals surface area contributed by atoms with Gasteiger partial charge in [-0.1, -0.05) is 30.3 Å². The lowest BCUT2D eigenvalue weighted by molar-refractivity contribution is -0.132. The number of carbonyl (C=O) groups excluding carboxylic acids is 2. The zero-order valence-corrected chi connectivity index (χ0v) is 22.7. The molecule has 2 aliphatic heterocycles. The van der Waals surface area contributed by atoms with Gasteiger partial charge in [-0.2, -0.15) is 0 Å². The third kappa shape index (κ3) is 5.34. The Morgan fingerprint density at radius 3 is 2.33 bits per heavy atom. The van der Waals surface area contributed by atoms with Crippen molar-refractivity contribution < 1.29 is 24.3 Å². The number of carboxylic acid groups (broad SMARTS) is 1. The van der Waals surface area contributed by atoms with Crippen LogP contribution in [0.5, 0.6) is 0 Å². The number of nitrogens with one attached hydrogen (secondary N) is 2. The lowest BCUT2D eigenvalue weighted by Gasteiger charge is -2.35. The van der Waals surface area contributed by atoms with Gasteiger partial charge in [0.2, 0.25) is 0 Å². The number of rotatable bonds is 7. The molecule has 5 rings (SSSR count). The van der Waals surface area contributed by atoms with Crippen LogP contribution in [-0.2, 0) is 9.63 Å². The van der Waals surface area contributed by atoms with Crippen molar-refractivity contribution in [3.8, 4) is 0 Å². The number of piperidine rings is 1. The molecule has 0 bridgehead atoms. The van der Waals surface area contributed by atoms with Crippen LogP contribution in [0.25, 0.3) is 11.3 Å². The molecule has 9 heteroatoms. The number of fused-ring (bicyclic) bond motifs is 1. The molecule has 3 N–H and O–H groups in total. The standard InChI is InChI=1S/C31H32N4O5/c1-19-17-25-26(18-24(19)31(38)39)33-29(36)27(25)28(20-7-5-4-6-8-20)32-22-11-9-21(10-12-22)30(37)35(40-3)23-13-15-34(2)16-14-23/h4-12,17-18,23,32H,13-16H2,1-3H3,(H,33,36)(H,38,39)/b28-27+. The molecule has 2 aliphatic rings. The van der Waals surface area contributed by atoms with Gasteiger partial charge in [-0.05, 0) is 87.4 Å². The van der Waals surface area contributed by atoms with E-state index >= 15 is 0 Å². The first-order valence-electron chi connectivity index (χ1n) is 13.2. The number of aromatic carboxylic acids is 1. The number of aryl methyl sites for hydroxylation is 1. The van der Waals surface area contributed by atoms with Crippen molar-refractivity contribution in [1.82, 2.24) is 9.96 Å². The highest BCUT2D eigenvalue weighted by atomic mass is 16.7. The van der Waals surface area contributed by atoms with Gasteiger partial charge in [0.05, 0.1) is 35.7 Å². The molecular formula is C31H32N4O5. The maximum atomic E-state index is 13.3. The Labute approximate surface area is 233 Å². The van der Waals surface area contributed by atoms with Crippen LogP contribution in [0.2, 0.25) is 0 Å². The molecule has 9 nitrogen and oxygen atoms in total. The summed E-state index contributed by atoms with van der Waals surface area (Å²) in [5, 5.41) is 17.2. The van der Waals surface area contributed by atoms with Gasteiger partial charge >= 0.3 is 5.97 Å². The van der Waals surface area contributed by atoms with Crippen LogP contribution in [0.15, 0.2) is 66.7 Å². The maximum Gasteiger partial charge on any atom is 0.336 e. The van der Waals surface area contributed by atoms with E-state index in [2.05, 4.69) is 22.6 Å². The summed E-state index contributed by atoms with van der Waals surface area (Å²) in [6, 6.07) is 19.8. The highest BCUT2D eigenvalue weighted by molar-refractivity contribution is 6.37. The summed E-state index contributed by atoms with van der Waals surface area (Å²) in [4.78, 5) is 45.9. The number of hydroxylamine groups is 2. The summed E-state index contributed by atoms with van der Waals surface area (Å²) in [6.45, 7) is 3.53. The molecule has 0 aromatic heterocycles. The Morgan fingerprint density at radius 1 is 1.02 bits per heavy atom. The minimum absolute atomic E-state index is 0.0203. The second-order valence-corrected chi connectivity index (χ2v) is 10.1. The molecule has 0 radical (unpaired) electrons. The SMILES string of the molecule is CON(C(=O)c1ccc(N/C(=C2/C(=O)Nc3cc(C(=O)O)c(C)cc32)c2ccccc2)cc1)C1CCN(C)CC1. The fourth-order valence-electron chi connectivity index (χ4n) is 5.28. The molecule has 40 heavy (non-hydrogen) atoms. The zero-order chi connectivity index (χ0) is 28.4. The molecule has 0 atom stereocenters. The van der Waals surface area contributed by atoms with E-state index in [1.165, 1.54) is 18.2 Å². The molecule has 2 heterocycles. The fourth-order valence-corrected chi connectivity index (χ4v) is 5.28. The molecule has 0 unspecified atom stereocenters. The average Bonchev–Trinajstić information content (AvgIpc) is 3.27. The van der Waals surface area contributed by atoms with Crippen LogP contribution in [0, 0.1) is 6.92 Å². The van der Waals surface area contributed by atoms with E-state index < -0.39 is 5.97 Å². The lowest BCUT2D eigenvalue weighted by Crippen LogP contribution is -2.46. The fraction of sp³-hybridized carbons (Fsp3) is 0.258. The quantitative estimate of drug-likeness (QED) is 0.294. The van der Waals surface area contributed by atoms with E-state index in [-0.39, 0.29) is 23.4 Å². The molecular weight excluding hydrogens is 508 g/mol. The van der Waals surface area contributed by atoms with Crippen molar-refractivity contribution in [3.63, 3.8) is 0 Å². The molecule has 0 aliphatic carbocycles. The molecule has 1 saturated heterocycles. The third-order valence-electron chi connectivity index (χ3n) is 7.47. The van der Waals surface area contributed by atoms with Crippen LogP contribution in [0.4, 0.5) is 11.4 Å². The molecule has 0 spiro atoms. The number of carboxylic acids is 1. The van der Waals surface area contributed by atoms with Crippen molar-refractivity contribution in [1.29, 1.82) is 0 Å². The molecule has 0 saturated carbocycles. The highest BCUT2D eigenvalue weighted by Gasteiger charge is 2.31. The number of anilines is 2.